The van der Waals surface area contributed by atoms with Crippen molar-refractivity contribution in [3.05, 3.63) is 0 Å². The molecule has 0 spiro atoms. The van der Waals surface area contributed by atoms with Crippen LogP contribution < -0.4 is 5.32 Å². The molecule has 114 valence electrons. The van der Waals surface area contributed by atoms with Gasteiger partial charge in [0.2, 0.25) is 0 Å². The van der Waals surface area contributed by atoms with Crippen LogP contribution in [0.1, 0.15) is 65.2 Å². The first kappa shape index (κ1) is 15.8. The van der Waals surface area contributed by atoms with Crippen LogP contribution in [0.4, 0.5) is 0 Å². The Balaban J connectivity index is 1.83. The Morgan fingerprint density at radius 3 is 2.65 bits per heavy atom. The molecule has 1 aliphatic heterocycles. The lowest BCUT2D eigenvalue weighted by molar-refractivity contribution is 0.176. The van der Waals surface area contributed by atoms with Gasteiger partial charge in [-0.1, -0.05) is 19.8 Å². The summed E-state index contributed by atoms with van der Waals surface area (Å²) in [7, 11) is 0. The van der Waals surface area contributed by atoms with E-state index >= 15 is 0 Å². The molecule has 2 rings (SSSR count). The van der Waals surface area contributed by atoms with Crippen molar-refractivity contribution >= 4 is 0 Å². The maximum atomic E-state index is 9.43. The molecule has 2 unspecified atom stereocenters. The highest BCUT2D eigenvalue weighted by Gasteiger charge is 2.34. The number of nitriles is 1. The van der Waals surface area contributed by atoms with Gasteiger partial charge in [-0.25, -0.2) is 0 Å². The van der Waals surface area contributed by atoms with E-state index in [0.29, 0.717) is 0 Å². The smallest absolute Gasteiger partial charge is 0.105 e. The van der Waals surface area contributed by atoms with Gasteiger partial charge in [-0.05, 0) is 64.5 Å². The van der Waals surface area contributed by atoms with Crippen LogP contribution in [-0.2, 0) is 0 Å². The molecular formula is C17H31N3. The fourth-order valence-electron chi connectivity index (χ4n) is 3.96. The lowest BCUT2D eigenvalue weighted by atomic mass is 9.94. The maximum Gasteiger partial charge on any atom is 0.105 e. The quantitative estimate of drug-likeness (QED) is 0.776. The van der Waals surface area contributed by atoms with Gasteiger partial charge >= 0.3 is 0 Å². The van der Waals surface area contributed by atoms with Gasteiger partial charge in [0.05, 0.1) is 6.07 Å². The largest absolute Gasteiger partial charge is 0.300 e. The Hall–Kier alpha value is -0.590. The van der Waals surface area contributed by atoms with Crippen molar-refractivity contribution in [2.75, 3.05) is 19.6 Å². The lowest BCUT2D eigenvalue weighted by Gasteiger charge is -2.32. The van der Waals surface area contributed by atoms with Crippen molar-refractivity contribution in [2.45, 2.75) is 76.8 Å². The van der Waals surface area contributed by atoms with E-state index < -0.39 is 0 Å². The van der Waals surface area contributed by atoms with Gasteiger partial charge in [-0.2, -0.15) is 5.26 Å². The first-order valence-corrected chi connectivity index (χ1v) is 8.59. The highest BCUT2D eigenvalue weighted by Crippen LogP contribution is 2.35. The molecular weight excluding hydrogens is 246 g/mol. The Bertz CT molecular complexity index is 330. The molecule has 0 aromatic heterocycles. The average molecular weight is 277 g/mol. The van der Waals surface area contributed by atoms with Crippen molar-refractivity contribution in [2.24, 2.45) is 5.92 Å². The third kappa shape index (κ3) is 3.96. The second-order valence-corrected chi connectivity index (χ2v) is 6.91. The molecule has 2 fully saturated rings. The van der Waals surface area contributed by atoms with E-state index in [-0.39, 0.29) is 5.54 Å². The summed E-state index contributed by atoms with van der Waals surface area (Å²) in [5.41, 5.74) is -0.348. The SMILES string of the molecule is CCCNC(C)(C#N)CCN1CCCC1C1CCCC1. The molecule has 3 heteroatoms. The van der Waals surface area contributed by atoms with Crippen LogP contribution in [-0.4, -0.2) is 36.1 Å². The van der Waals surface area contributed by atoms with E-state index in [9.17, 15) is 5.26 Å². The van der Waals surface area contributed by atoms with Crippen molar-refractivity contribution in [3.63, 3.8) is 0 Å². The molecule has 1 N–H and O–H groups in total. The standard InChI is InChI=1S/C17H31N3/c1-3-11-19-17(2,14-18)10-13-20-12-6-9-16(20)15-7-4-5-8-15/h15-16,19H,3-13H2,1-2H3. The van der Waals surface area contributed by atoms with Crippen LogP contribution in [0.15, 0.2) is 0 Å². The van der Waals surface area contributed by atoms with Crippen molar-refractivity contribution in [1.82, 2.24) is 10.2 Å². The number of hydrogen-bond donors (Lipinski definition) is 1. The molecule has 1 aliphatic carbocycles. The predicted octanol–water partition coefficient (Wildman–Crippen LogP) is 3.31. The van der Waals surface area contributed by atoms with E-state index in [1.807, 2.05) is 0 Å². The fourth-order valence-corrected chi connectivity index (χ4v) is 3.96. The molecule has 1 heterocycles. The number of likely N-dealkylation sites (tertiary alicyclic amines) is 1. The minimum atomic E-state index is -0.348. The summed E-state index contributed by atoms with van der Waals surface area (Å²) < 4.78 is 0. The Morgan fingerprint density at radius 2 is 2.00 bits per heavy atom. The summed E-state index contributed by atoms with van der Waals surface area (Å²) in [5, 5.41) is 12.8. The van der Waals surface area contributed by atoms with Crippen LogP contribution in [0, 0.1) is 17.2 Å². The monoisotopic (exact) mass is 277 g/mol. The third-order valence-electron chi connectivity index (χ3n) is 5.27. The Labute approximate surface area is 124 Å². The third-order valence-corrected chi connectivity index (χ3v) is 5.27. The second-order valence-electron chi connectivity index (χ2n) is 6.91. The Kier molecular flexibility index (Phi) is 5.86. The van der Waals surface area contributed by atoms with E-state index in [1.165, 1.54) is 45.1 Å². The number of nitrogens with one attached hydrogen (secondary N) is 1. The molecule has 0 amide bonds. The summed E-state index contributed by atoms with van der Waals surface area (Å²) in [4.78, 5) is 2.68. The molecule has 0 bridgehead atoms. The van der Waals surface area contributed by atoms with Crippen LogP contribution in [0.5, 0.6) is 0 Å². The first-order valence-electron chi connectivity index (χ1n) is 8.59. The zero-order valence-electron chi connectivity index (χ0n) is 13.3. The minimum Gasteiger partial charge on any atom is -0.300 e. The van der Waals surface area contributed by atoms with Gasteiger partial charge in [0.15, 0.2) is 0 Å². The highest BCUT2D eigenvalue weighted by atomic mass is 15.2. The molecule has 20 heavy (non-hydrogen) atoms. The zero-order chi connectivity index (χ0) is 14.4. The van der Waals surface area contributed by atoms with Crippen LogP contribution in [0.3, 0.4) is 0 Å². The molecule has 2 atom stereocenters. The van der Waals surface area contributed by atoms with Crippen molar-refractivity contribution in [1.29, 1.82) is 5.26 Å². The molecule has 0 aromatic carbocycles. The number of rotatable bonds is 7. The minimum absolute atomic E-state index is 0.348. The summed E-state index contributed by atoms with van der Waals surface area (Å²) in [6, 6.07) is 3.30. The summed E-state index contributed by atoms with van der Waals surface area (Å²) >= 11 is 0. The van der Waals surface area contributed by atoms with E-state index in [4.69, 9.17) is 0 Å². The first-order chi connectivity index (χ1) is 9.68. The van der Waals surface area contributed by atoms with Crippen LogP contribution in [0.25, 0.3) is 0 Å². The Morgan fingerprint density at radius 1 is 1.25 bits per heavy atom. The van der Waals surface area contributed by atoms with E-state index in [2.05, 4.69) is 30.1 Å². The molecule has 2 aliphatic rings. The lowest BCUT2D eigenvalue weighted by Crippen LogP contribution is -2.45. The number of hydrogen-bond acceptors (Lipinski definition) is 3. The van der Waals surface area contributed by atoms with Crippen LogP contribution >= 0.6 is 0 Å². The molecule has 0 aromatic rings. The van der Waals surface area contributed by atoms with Crippen molar-refractivity contribution in [3.8, 4) is 6.07 Å². The highest BCUT2D eigenvalue weighted by molar-refractivity contribution is 5.04. The topological polar surface area (TPSA) is 39.1 Å². The van der Waals surface area contributed by atoms with Gasteiger partial charge in [0.1, 0.15) is 5.54 Å². The van der Waals surface area contributed by atoms with E-state index in [1.54, 1.807) is 0 Å². The van der Waals surface area contributed by atoms with Gasteiger partial charge in [-0.15, -0.1) is 0 Å². The normalized spacial score (nSPS) is 27.6. The number of nitrogens with zero attached hydrogens (tertiary/aromatic N) is 2. The predicted molar refractivity (Wildman–Crippen MR) is 83.5 cm³/mol. The zero-order valence-corrected chi connectivity index (χ0v) is 13.3. The van der Waals surface area contributed by atoms with Gasteiger partial charge < -0.3 is 4.90 Å². The van der Waals surface area contributed by atoms with Crippen molar-refractivity contribution < 1.29 is 0 Å². The maximum absolute atomic E-state index is 9.43. The molecule has 1 saturated heterocycles. The van der Waals surface area contributed by atoms with Gasteiger partial charge in [0, 0.05) is 12.6 Å². The summed E-state index contributed by atoms with van der Waals surface area (Å²) in [6.07, 6.45) is 10.5. The summed E-state index contributed by atoms with van der Waals surface area (Å²) in [6.45, 7) is 7.49. The van der Waals surface area contributed by atoms with E-state index in [0.717, 1.165) is 37.9 Å². The fraction of sp³-hybridized carbons (Fsp3) is 0.941. The second kappa shape index (κ2) is 7.43. The van der Waals surface area contributed by atoms with Gasteiger partial charge in [-0.3, -0.25) is 5.32 Å². The average Bonchev–Trinajstić information content (AvgIpc) is 3.12. The van der Waals surface area contributed by atoms with Gasteiger partial charge in [0.25, 0.3) is 0 Å². The molecule has 3 nitrogen and oxygen atoms in total. The summed E-state index contributed by atoms with van der Waals surface area (Å²) in [5.74, 6) is 0.939. The van der Waals surface area contributed by atoms with Crippen LogP contribution in [0.2, 0.25) is 0 Å². The molecule has 0 radical (unpaired) electrons. The molecule has 1 saturated carbocycles.